The minimum Gasteiger partial charge on any atom is -0.459 e. The van der Waals surface area contributed by atoms with Crippen molar-refractivity contribution in [2.45, 2.75) is 40.2 Å². The maximum Gasteiger partial charge on any atom is 0.287 e. The molecule has 0 aliphatic rings. The largest absolute Gasteiger partial charge is 0.459 e. The molecule has 0 radical (unpaired) electrons. The summed E-state index contributed by atoms with van der Waals surface area (Å²) in [7, 11) is 0. The van der Waals surface area contributed by atoms with Gasteiger partial charge in [-0.05, 0) is 43.0 Å². The molecule has 2 rings (SSSR count). The third kappa shape index (κ3) is 4.72. The van der Waals surface area contributed by atoms with E-state index in [-0.39, 0.29) is 17.6 Å². The van der Waals surface area contributed by atoms with E-state index in [1.807, 2.05) is 13.8 Å². The number of aryl methyl sites for hydroxylation is 2. The Balaban J connectivity index is 1.96. The van der Waals surface area contributed by atoms with Crippen LogP contribution in [0, 0.1) is 12.8 Å². The third-order valence-corrected chi connectivity index (χ3v) is 5.23. The number of thiophene rings is 1. The van der Waals surface area contributed by atoms with Crippen molar-refractivity contribution in [2.24, 2.45) is 5.92 Å². The minimum atomic E-state index is -0.816. The molecule has 2 aromatic heterocycles. The number of carbonyl (C=O) groups excluding carboxylic acids is 3. The van der Waals surface area contributed by atoms with Crippen LogP contribution in [0.15, 0.2) is 28.9 Å². The van der Waals surface area contributed by atoms with Gasteiger partial charge in [-0.1, -0.05) is 20.8 Å². The summed E-state index contributed by atoms with van der Waals surface area (Å²) in [6.07, 6.45) is 2.23. The van der Waals surface area contributed by atoms with Crippen LogP contribution in [0.25, 0.3) is 0 Å². The summed E-state index contributed by atoms with van der Waals surface area (Å²) >= 11 is 1.40. The zero-order valence-electron chi connectivity index (χ0n) is 15.2. The average Bonchev–Trinajstić information content (AvgIpc) is 3.26. The van der Waals surface area contributed by atoms with Gasteiger partial charge in [-0.3, -0.25) is 25.2 Å². The molecule has 3 N–H and O–H groups in total. The van der Waals surface area contributed by atoms with Gasteiger partial charge < -0.3 is 9.73 Å². The van der Waals surface area contributed by atoms with E-state index in [1.54, 1.807) is 26.0 Å². The second-order valence-corrected chi connectivity index (χ2v) is 7.32. The first-order chi connectivity index (χ1) is 12.3. The van der Waals surface area contributed by atoms with Crippen LogP contribution in [0.4, 0.5) is 0 Å². The molecule has 0 spiro atoms. The van der Waals surface area contributed by atoms with E-state index >= 15 is 0 Å². The zero-order valence-corrected chi connectivity index (χ0v) is 16.0. The van der Waals surface area contributed by atoms with Gasteiger partial charge in [-0.15, -0.1) is 11.3 Å². The summed E-state index contributed by atoms with van der Waals surface area (Å²) in [6, 6.07) is 4.08. The van der Waals surface area contributed by atoms with Gasteiger partial charge in [0, 0.05) is 4.88 Å². The highest BCUT2D eigenvalue weighted by Crippen LogP contribution is 2.22. The molecular weight excluding hydrogens is 354 g/mol. The lowest BCUT2D eigenvalue weighted by Crippen LogP contribution is -2.54. The van der Waals surface area contributed by atoms with Crippen LogP contribution in [-0.4, -0.2) is 23.8 Å². The lowest BCUT2D eigenvalue weighted by atomic mass is 10.0. The molecule has 0 saturated heterocycles. The molecule has 140 valence electrons. The van der Waals surface area contributed by atoms with Gasteiger partial charge in [0.15, 0.2) is 5.76 Å². The topological polar surface area (TPSA) is 100 Å². The number of hydrogen-bond donors (Lipinski definition) is 3. The van der Waals surface area contributed by atoms with Crippen molar-refractivity contribution in [3.05, 3.63) is 45.5 Å². The van der Waals surface area contributed by atoms with Crippen LogP contribution in [0.1, 0.15) is 51.4 Å². The lowest BCUT2D eigenvalue weighted by molar-refractivity contribution is -0.124. The van der Waals surface area contributed by atoms with Crippen molar-refractivity contribution in [1.29, 1.82) is 0 Å². The smallest absolute Gasteiger partial charge is 0.287 e. The molecule has 0 aliphatic heterocycles. The monoisotopic (exact) mass is 377 g/mol. The van der Waals surface area contributed by atoms with Gasteiger partial charge >= 0.3 is 0 Å². The van der Waals surface area contributed by atoms with Crippen molar-refractivity contribution in [1.82, 2.24) is 16.2 Å². The van der Waals surface area contributed by atoms with Crippen molar-refractivity contribution >= 4 is 29.1 Å². The molecule has 0 saturated carbocycles. The second-order valence-electron chi connectivity index (χ2n) is 6.19. The second kappa shape index (κ2) is 8.66. The standard InChI is InChI=1S/C18H23N3O4S/c1-5-13-11(4)9-14(26-13)17(23)20-21-18(24)15(10(2)3)19-16(22)12-7-6-8-25-12/h6-10,15H,5H2,1-4H3,(H,19,22)(H,20,23)(H,21,24)/t15-/m0/s1. The summed E-state index contributed by atoms with van der Waals surface area (Å²) in [5.74, 6) is -1.44. The summed E-state index contributed by atoms with van der Waals surface area (Å²) in [4.78, 5) is 38.3. The minimum absolute atomic E-state index is 0.119. The van der Waals surface area contributed by atoms with E-state index in [2.05, 4.69) is 16.2 Å². The van der Waals surface area contributed by atoms with Crippen LogP contribution < -0.4 is 16.2 Å². The number of carbonyl (C=O) groups is 3. The molecule has 8 heteroatoms. The van der Waals surface area contributed by atoms with Crippen molar-refractivity contribution in [3.8, 4) is 0 Å². The number of nitrogens with one attached hydrogen (secondary N) is 3. The highest BCUT2D eigenvalue weighted by atomic mass is 32.1. The number of rotatable bonds is 6. The molecule has 26 heavy (non-hydrogen) atoms. The fourth-order valence-electron chi connectivity index (χ4n) is 2.40. The SMILES string of the molecule is CCc1sc(C(=O)NNC(=O)[C@@H](NC(=O)c2ccco2)C(C)C)cc1C. The predicted molar refractivity (Wildman–Crippen MR) is 98.8 cm³/mol. The maximum atomic E-state index is 12.4. The molecule has 1 atom stereocenters. The highest BCUT2D eigenvalue weighted by molar-refractivity contribution is 7.14. The van der Waals surface area contributed by atoms with Crippen molar-refractivity contribution < 1.29 is 18.8 Å². The molecule has 0 bridgehead atoms. The van der Waals surface area contributed by atoms with E-state index in [9.17, 15) is 14.4 Å². The Bertz CT molecular complexity index is 780. The Kier molecular flexibility index (Phi) is 6.57. The number of furan rings is 1. The Labute approximate surface area is 156 Å². The zero-order chi connectivity index (χ0) is 19.3. The lowest BCUT2D eigenvalue weighted by Gasteiger charge is -2.21. The first kappa shape index (κ1) is 19.7. The van der Waals surface area contributed by atoms with E-state index in [0.717, 1.165) is 16.9 Å². The van der Waals surface area contributed by atoms with Crippen molar-refractivity contribution in [3.63, 3.8) is 0 Å². The average molecular weight is 377 g/mol. The van der Waals surface area contributed by atoms with E-state index in [0.29, 0.717) is 4.88 Å². The van der Waals surface area contributed by atoms with Crippen molar-refractivity contribution in [2.75, 3.05) is 0 Å². The summed E-state index contributed by atoms with van der Waals surface area (Å²) < 4.78 is 5.02. The molecule has 0 unspecified atom stereocenters. The maximum absolute atomic E-state index is 12.4. The fraction of sp³-hybridized carbons (Fsp3) is 0.389. The van der Waals surface area contributed by atoms with Gasteiger partial charge in [0.05, 0.1) is 11.1 Å². The van der Waals surface area contributed by atoms with E-state index < -0.39 is 17.9 Å². The summed E-state index contributed by atoms with van der Waals surface area (Å²) in [5.41, 5.74) is 5.84. The van der Waals surface area contributed by atoms with E-state index in [1.165, 1.54) is 23.7 Å². The van der Waals surface area contributed by atoms with Crippen LogP contribution in [-0.2, 0) is 11.2 Å². The molecule has 7 nitrogen and oxygen atoms in total. The Hall–Kier alpha value is -2.61. The van der Waals surface area contributed by atoms with Gasteiger partial charge in [0.1, 0.15) is 6.04 Å². The van der Waals surface area contributed by atoms with Gasteiger partial charge in [0.2, 0.25) is 0 Å². The van der Waals surface area contributed by atoms with Gasteiger partial charge in [-0.2, -0.15) is 0 Å². The molecule has 0 aliphatic carbocycles. The van der Waals surface area contributed by atoms with E-state index in [4.69, 9.17) is 4.42 Å². The normalized spacial score (nSPS) is 11.9. The van der Waals surface area contributed by atoms with Crippen LogP contribution >= 0.6 is 11.3 Å². The first-order valence-corrected chi connectivity index (χ1v) is 9.19. The quantitative estimate of drug-likeness (QED) is 0.673. The number of hydrazine groups is 1. The highest BCUT2D eigenvalue weighted by Gasteiger charge is 2.26. The van der Waals surface area contributed by atoms with Crippen LogP contribution in [0.2, 0.25) is 0 Å². The molecule has 2 heterocycles. The third-order valence-electron chi connectivity index (χ3n) is 3.85. The fourth-order valence-corrected chi connectivity index (χ4v) is 3.40. The molecule has 0 fully saturated rings. The van der Waals surface area contributed by atoms with Gasteiger partial charge in [-0.25, -0.2) is 0 Å². The molecule has 2 aromatic rings. The Morgan fingerprint density at radius 1 is 1.19 bits per heavy atom. The van der Waals surface area contributed by atoms with Crippen LogP contribution in [0.3, 0.4) is 0 Å². The summed E-state index contributed by atoms with van der Waals surface area (Å²) in [5, 5.41) is 2.61. The number of hydrogen-bond acceptors (Lipinski definition) is 5. The first-order valence-electron chi connectivity index (χ1n) is 8.37. The Morgan fingerprint density at radius 3 is 2.46 bits per heavy atom. The van der Waals surface area contributed by atoms with Gasteiger partial charge in [0.25, 0.3) is 17.7 Å². The predicted octanol–water partition coefficient (Wildman–Crippen LogP) is 2.43. The van der Waals surface area contributed by atoms with Crippen LogP contribution in [0.5, 0.6) is 0 Å². The Morgan fingerprint density at radius 2 is 1.92 bits per heavy atom. The molecular formula is C18H23N3O4S. The molecule has 3 amide bonds. The molecule has 0 aromatic carbocycles. The summed E-state index contributed by atoms with van der Waals surface area (Å²) in [6.45, 7) is 7.57. The number of amides is 3.